The van der Waals surface area contributed by atoms with Crippen molar-refractivity contribution < 1.29 is 13.9 Å². The molecule has 3 aromatic rings. The zero-order chi connectivity index (χ0) is 15.1. The molecule has 0 saturated carbocycles. The summed E-state index contributed by atoms with van der Waals surface area (Å²) in [6.07, 6.45) is 1.63. The molecule has 5 nitrogen and oxygen atoms in total. The minimum absolute atomic E-state index is 0.215. The smallest absolute Gasteiger partial charge is 0.231 e. The quantitative estimate of drug-likeness (QED) is 0.709. The Morgan fingerprint density at radius 1 is 1.05 bits per heavy atom. The van der Waals surface area contributed by atoms with Crippen molar-refractivity contribution >= 4 is 28.0 Å². The molecule has 0 amide bonds. The summed E-state index contributed by atoms with van der Waals surface area (Å²) < 4.78 is 24.2. The second-order valence-corrected chi connectivity index (χ2v) is 4.94. The van der Waals surface area contributed by atoms with Crippen LogP contribution in [0.15, 0.2) is 42.6 Å². The van der Waals surface area contributed by atoms with Crippen molar-refractivity contribution in [2.24, 2.45) is 0 Å². The van der Waals surface area contributed by atoms with Crippen LogP contribution in [0.4, 0.5) is 21.6 Å². The van der Waals surface area contributed by atoms with Crippen molar-refractivity contribution in [3.63, 3.8) is 0 Å². The van der Waals surface area contributed by atoms with Gasteiger partial charge in [-0.05, 0) is 30.3 Å². The van der Waals surface area contributed by atoms with E-state index in [0.717, 1.165) is 11.1 Å². The van der Waals surface area contributed by atoms with Crippen molar-refractivity contribution in [3.8, 4) is 11.5 Å². The molecule has 0 unspecified atom stereocenters. The molecule has 1 aliphatic rings. The number of hydrogen-bond donors (Lipinski definition) is 2. The number of hydrogen-bond acceptors (Lipinski definition) is 5. The SMILES string of the molecule is Nc1cc(F)cc2c(Nc3ccc4c(c3)OCO4)nccc12. The van der Waals surface area contributed by atoms with E-state index in [1.165, 1.54) is 12.1 Å². The largest absolute Gasteiger partial charge is 0.454 e. The fourth-order valence-electron chi connectivity index (χ4n) is 2.49. The molecule has 4 rings (SSSR count). The molecule has 2 heterocycles. The lowest BCUT2D eigenvalue weighted by Crippen LogP contribution is -1.97. The minimum atomic E-state index is -0.397. The molecule has 2 aromatic carbocycles. The fraction of sp³-hybridized carbons (Fsp3) is 0.0625. The van der Waals surface area contributed by atoms with Crippen molar-refractivity contribution in [2.75, 3.05) is 17.8 Å². The normalized spacial score (nSPS) is 12.6. The molecule has 6 heteroatoms. The average molecular weight is 297 g/mol. The number of anilines is 3. The van der Waals surface area contributed by atoms with Crippen LogP contribution in [-0.4, -0.2) is 11.8 Å². The van der Waals surface area contributed by atoms with Gasteiger partial charge in [0.25, 0.3) is 0 Å². The van der Waals surface area contributed by atoms with E-state index in [9.17, 15) is 4.39 Å². The third-order valence-corrected chi connectivity index (χ3v) is 3.51. The van der Waals surface area contributed by atoms with Gasteiger partial charge in [-0.2, -0.15) is 0 Å². The zero-order valence-corrected chi connectivity index (χ0v) is 11.5. The Labute approximate surface area is 125 Å². The van der Waals surface area contributed by atoms with E-state index in [1.807, 2.05) is 18.2 Å². The van der Waals surface area contributed by atoms with Gasteiger partial charge in [0.05, 0.1) is 0 Å². The van der Waals surface area contributed by atoms with Crippen LogP contribution in [0.2, 0.25) is 0 Å². The van der Waals surface area contributed by atoms with Gasteiger partial charge in [-0.15, -0.1) is 0 Å². The van der Waals surface area contributed by atoms with E-state index in [1.54, 1.807) is 12.3 Å². The first-order valence-corrected chi connectivity index (χ1v) is 6.71. The Bertz CT molecular complexity index is 883. The van der Waals surface area contributed by atoms with Crippen molar-refractivity contribution in [3.05, 3.63) is 48.4 Å². The number of aromatic nitrogens is 1. The van der Waals surface area contributed by atoms with Crippen LogP contribution in [0.1, 0.15) is 0 Å². The van der Waals surface area contributed by atoms with Gasteiger partial charge in [0, 0.05) is 34.4 Å². The van der Waals surface area contributed by atoms with Crippen molar-refractivity contribution in [1.29, 1.82) is 0 Å². The molecule has 3 N–H and O–H groups in total. The molecule has 0 fully saturated rings. The molecule has 0 bridgehead atoms. The Morgan fingerprint density at radius 2 is 1.91 bits per heavy atom. The number of fused-ring (bicyclic) bond motifs is 2. The molecule has 1 aromatic heterocycles. The summed E-state index contributed by atoms with van der Waals surface area (Å²) in [5.74, 6) is 1.50. The number of nitrogens with one attached hydrogen (secondary N) is 1. The molecular weight excluding hydrogens is 285 g/mol. The first kappa shape index (κ1) is 12.7. The summed E-state index contributed by atoms with van der Waals surface area (Å²) in [6, 6.07) is 9.93. The summed E-state index contributed by atoms with van der Waals surface area (Å²) in [5.41, 5.74) is 7.01. The number of rotatable bonds is 2. The Kier molecular flexibility index (Phi) is 2.75. The highest BCUT2D eigenvalue weighted by Crippen LogP contribution is 2.36. The van der Waals surface area contributed by atoms with Crippen LogP contribution in [-0.2, 0) is 0 Å². The van der Waals surface area contributed by atoms with Crippen LogP contribution in [0.25, 0.3) is 10.8 Å². The van der Waals surface area contributed by atoms with Gasteiger partial charge in [0.2, 0.25) is 6.79 Å². The molecule has 0 aliphatic carbocycles. The van der Waals surface area contributed by atoms with Gasteiger partial charge in [0.15, 0.2) is 11.5 Å². The predicted octanol–water partition coefficient (Wildman–Crippen LogP) is 3.43. The Morgan fingerprint density at radius 3 is 2.82 bits per heavy atom. The predicted molar refractivity (Wildman–Crippen MR) is 82.0 cm³/mol. The lowest BCUT2D eigenvalue weighted by molar-refractivity contribution is 0.174. The topological polar surface area (TPSA) is 69.4 Å². The molecule has 0 radical (unpaired) electrons. The van der Waals surface area contributed by atoms with Crippen LogP contribution in [0.5, 0.6) is 11.5 Å². The molecule has 22 heavy (non-hydrogen) atoms. The van der Waals surface area contributed by atoms with Crippen molar-refractivity contribution in [2.45, 2.75) is 0 Å². The first-order valence-electron chi connectivity index (χ1n) is 6.71. The number of ether oxygens (including phenoxy) is 2. The van der Waals surface area contributed by atoms with Crippen LogP contribution < -0.4 is 20.5 Å². The fourth-order valence-corrected chi connectivity index (χ4v) is 2.49. The van der Waals surface area contributed by atoms with E-state index < -0.39 is 5.82 Å². The van der Waals surface area contributed by atoms with Gasteiger partial charge < -0.3 is 20.5 Å². The molecule has 0 spiro atoms. The lowest BCUT2D eigenvalue weighted by Gasteiger charge is -2.10. The maximum absolute atomic E-state index is 13.6. The standard InChI is InChI=1S/C16H12FN3O2/c17-9-5-12-11(13(18)6-9)3-4-19-16(12)20-10-1-2-14-15(7-10)22-8-21-14/h1-7H,8,18H2,(H,19,20). The van der Waals surface area contributed by atoms with Crippen LogP contribution in [0.3, 0.4) is 0 Å². The van der Waals surface area contributed by atoms with Gasteiger partial charge >= 0.3 is 0 Å². The van der Waals surface area contributed by atoms with E-state index in [4.69, 9.17) is 15.2 Å². The highest BCUT2D eigenvalue weighted by molar-refractivity contribution is 6.00. The third-order valence-electron chi connectivity index (χ3n) is 3.51. The highest BCUT2D eigenvalue weighted by atomic mass is 19.1. The molecule has 0 saturated heterocycles. The van der Waals surface area contributed by atoms with Crippen LogP contribution >= 0.6 is 0 Å². The Hall–Kier alpha value is -3.02. The average Bonchev–Trinajstić information content (AvgIpc) is 2.95. The third kappa shape index (κ3) is 2.05. The van der Waals surface area contributed by atoms with Gasteiger partial charge in [-0.1, -0.05) is 0 Å². The summed E-state index contributed by atoms with van der Waals surface area (Å²) in [7, 11) is 0. The summed E-state index contributed by atoms with van der Waals surface area (Å²) in [5, 5.41) is 4.53. The number of nitrogens with two attached hydrogens (primary N) is 1. The molecular formula is C16H12FN3O2. The summed E-state index contributed by atoms with van der Waals surface area (Å²) in [6.45, 7) is 0.215. The first-order chi connectivity index (χ1) is 10.7. The maximum Gasteiger partial charge on any atom is 0.231 e. The molecule has 110 valence electrons. The van der Waals surface area contributed by atoms with E-state index >= 15 is 0 Å². The number of nitrogens with zero attached hydrogens (tertiary/aromatic N) is 1. The molecule has 1 aliphatic heterocycles. The van der Waals surface area contributed by atoms with Gasteiger partial charge in [0.1, 0.15) is 11.6 Å². The maximum atomic E-state index is 13.6. The second-order valence-electron chi connectivity index (χ2n) is 4.94. The monoisotopic (exact) mass is 297 g/mol. The number of pyridine rings is 1. The highest BCUT2D eigenvalue weighted by Gasteiger charge is 2.14. The number of halogens is 1. The second kappa shape index (κ2) is 4.77. The van der Waals surface area contributed by atoms with Crippen LogP contribution in [0, 0.1) is 5.82 Å². The minimum Gasteiger partial charge on any atom is -0.454 e. The lowest BCUT2D eigenvalue weighted by atomic mass is 10.1. The molecule has 0 atom stereocenters. The van der Waals surface area contributed by atoms with Gasteiger partial charge in [-0.3, -0.25) is 0 Å². The number of nitrogen functional groups attached to an aromatic ring is 1. The van der Waals surface area contributed by atoms with E-state index in [-0.39, 0.29) is 6.79 Å². The Balaban J connectivity index is 1.78. The van der Waals surface area contributed by atoms with Crippen molar-refractivity contribution in [1.82, 2.24) is 4.98 Å². The summed E-state index contributed by atoms with van der Waals surface area (Å²) >= 11 is 0. The summed E-state index contributed by atoms with van der Waals surface area (Å²) in [4.78, 5) is 4.27. The van der Waals surface area contributed by atoms with E-state index in [2.05, 4.69) is 10.3 Å². The number of benzene rings is 2. The zero-order valence-electron chi connectivity index (χ0n) is 11.5. The van der Waals surface area contributed by atoms with Gasteiger partial charge in [-0.25, -0.2) is 9.37 Å². The van der Waals surface area contributed by atoms with E-state index in [0.29, 0.717) is 28.4 Å².